The zero-order valence-corrected chi connectivity index (χ0v) is 17.7. The van der Waals surface area contributed by atoms with Crippen LogP contribution in [0.25, 0.3) is 0 Å². The van der Waals surface area contributed by atoms with Crippen LogP contribution < -0.4 is 15.4 Å². The van der Waals surface area contributed by atoms with Gasteiger partial charge in [-0.05, 0) is 50.6 Å². The summed E-state index contributed by atoms with van der Waals surface area (Å²) in [6.45, 7) is 5.27. The van der Waals surface area contributed by atoms with Crippen molar-refractivity contribution in [2.24, 2.45) is 0 Å². The average Bonchev–Trinajstić information content (AvgIpc) is 2.65. The fourth-order valence-corrected chi connectivity index (χ4v) is 3.64. The normalized spacial score (nSPS) is 19.5. The maximum Gasteiger partial charge on any atom is 0.296 e. The van der Waals surface area contributed by atoms with Crippen molar-refractivity contribution < 1.29 is 19.6 Å². The highest BCUT2D eigenvalue weighted by Crippen LogP contribution is 2.44. The Bertz CT molecular complexity index is 962. The predicted octanol–water partition coefficient (Wildman–Crippen LogP) is 3.61. The molecule has 3 N–H and O–H groups in total. The van der Waals surface area contributed by atoms with E-state index in [0.717, 1.165) is 5.56 Å². The van der Waals surface area contributed by atoms with Crippen LogP contribution in [-0.4, -0.2) is 34.2 Å². The molecule has 1 aliphatic heterocycles. The Morgan fingerprint density at radius 3 is 2.57 bits per heavy atom. The maximum absolute atomic E-state index is 11.5. The third kappa shape index (κ3) is 4.72. The average molecular weight is 434 g/mol. The summed E-state index contributed by atoms with van der Waals surface area (Å²) < 4.78 is 5.87. The molecule has 1 aliphatic rings. The Hall–Kier alpha value is -2.68. The van der Waals surface area contributed by atoms with E-state index in [2.05, 4.69) is 10.6 Å². The first-order valence-corrected chi connectivity index (χ1v) is 9.91. The van der Waals surface area contributed by atoms with Crippen LogP contribution in [0.15, 0.2) is 36.4 Å². The first-order valence-electron chi connectivity index (χ1n) is 9.53. The first kappa shape index (κ1) is 22.0. The standard InChI is InChI=1S/C21H24ClN3O5/c1-12(26)24-16-10-15-18(11-17(16)25(28)29)30-21(2,3)20(27)19(15)23-9-8-13-4-6-14(22)7-5-13/h4-7,10-11,19-20,23,27H,8-9H2,1-3H3,(H,24,26). The number of ether oxygens (including phenoxy) is 1. The van der Waals surface area contributed by atoms with Gasteiger partial charge in [-0.2, -0.15) is 0 Å². The van der Waals surface area contributed by atoms with Gasteiger partial charge in [-0.3, -0.25) is 14.9 Å². The van der Waals surface area contributed by atoms with Crippen molar-refractivity contribution in [1.82, 2.24) is 5.32 Å². The number of fused-ring (bicyclic) bond motifs is 1. The summed E-state index contributed by atoms with van der Waals surface area (Å²) in [7, 11) is 0. The van der Waals surface area contributed by atoms with Crippen molar-refractivity contribution >= 4 is 28.9 Å². The minimum absolute atomic E-state index is 0.0613. The number of nitro benzene ring substituents is 1. The molecule has 8 nitrogen and oxygen atoms in total. The molecule has 0 fully saturated rings. The highest BCUT2D eigenvalue weighted by Gasteiger charge is 2.43. The molecule has 0 aliphatic carbocycles. The van der Waals surface area contributed by atoms with Crippen LogP contribution >= 0.6 is 11.6 Å². The van der Waals surface area contributed by atoms with Gasteiger partial charge in [-0.15, -0.1) is 0 Å². The molecule has 30 heavy (non-hydrogen) atoms. The van der Waals surface area contributed by atoms with Crippen LogP contribution in [0.2, 0.25) is 5.02 Å². The number of amides is 1. The van der Waals surface area contributed by atoms with Crippen LogP contribution in [0, 0.1) is 10.1 Å². The van der Waals surface area contributed by atoms with E-state index in [-0.39, 0.29) is 11.4 Å². The second-order valence-corrected chi connectivity index (χ2v) is 8.24. The molecule has 1 amide bonds. The van der Waals surface area contributed by atoms with Gasteiger partial charge in [-0.25, -0.2) is 0 Å². The lowest BCUT2D eigenvalue weighted by atomic mass is 9.86. The van der Waals surface area contributed by atoms with Crippen molar-refractivity contribution in [3.8, 4) is 5.75 Å². The maximum atomic E-state index is 11.5. The molecular weight excluding hydrogens is 410 g/mol. The molecule has 0 radical (unpaired) electrons. The van der Waals surface area contributed by atoms with Gasteiger partial charge in [-0.1, -0.05) is 23.7 Å². The van der Waals surface area contributed by atoms with Crippen LogP contribution in [-0.2, 0) is 11.2 Å². The van der Waals surface area contributed by atoms with Crippen LogP contribution in [0.3, 0.4) is 0 Å². The number of carbonyl (C=O) groups excluding carboxylic acids is 1. The number of nitrogens with one attached hydrogen (secondary N) is 2. The highest BCUT2D eigenvalue weighted by atomic mass is 35.5. The smallest absolute Gasteiger partial charge is 0.296 e. The number of anilines is 1. The molecule has 0 saturated heterocycles. The fourth-order valence-electron chi connectivity index (χ4n) is 3.52. The molecule has 2 aromatic carbocycles. The number of hydrogen-bond donors (Lipinski definition) is 3. The molecule has 160 valence electrons. The number of aliphatic hydroxyl groups is 1. The molecule has 1 heterocycles. The minimum Gasteiger partial charge on any atom is -0.484 e. The van der Waals surface area contributed by atoms with E-state index in [1.54, 1.807) is 13.8 Å². The topological polar surface area (TPSA) is 114 Å². The summed E-state index contributed by atoms with van der Waals surface area (Å²) in [5.41, 5.74) is 0.457. The molecule has 2 aromatic rings. The van der Waals surface area contributed by atoms with Gasteiger partial charge in [0.05, 0.1) is 17.0 Å². The molecule has 2 unspecified atom stereocenters. The summed E-state index contributed by atoms with van der Waals surface area (Å²) >= 11 is 5.92. The van der Waals surface area contributed by atoms with Gasteiger partial charge in [0.25, 0.3) is 5.69 Å². The Labute approximate surface area is 179 Å². The van der Waals surface area contributed by atoms with Crippen LogP contribution in [0.5, 0.6) is 5.75 Å². The number of benzene rings is 2. The summed E-state index contributed by atoms with van der Waals surface area (Å²) in [6.07, 6.45) is -0.218. The number of hydrogen-bond acceptors (Lipinski definition) is 6. The third-order valence-corrected chi connectivity index (χ3v) is 5.31. The van der Waals surface area contributed by atoms with Gasteiger partial charge in [0, 0.05) is 17.5 Å². The lowest BCUT2D eigenvalue weighted by Crippen LogP contribution is -2.52. The van der Waals surface area contributed by atoms with Gasteiger partial charge in [0.1, 0.15) is 23.1 Å². The van der Waals surface area contributed by atoms with Crippen LogP contribution in [0.1, 0.15) is 37.9 Å². The van der Waals surface area contributed by atoms with E-state index >= 15 is 0 Å². The summed E-state index contributed by atoms with van der Waals surface area (Å²) in [6, 6.07) is 9.75. The number of carbonyl (C=O) groups is 1. The largest absolute Gasteiger partial charge is 0.484 e. The monoisotopic (exact) mass is 433 g/mol. The second-order valence-electron chi connectivity index (χ2n) is 7.80. The number of aliphatic hydroxyl groups excluding tert-OH is 1. The Morgan fingerprint density at radius 1 is 1.30 bits per heavy atom. The summed E-state index contributed by atoms with van der Waals surface area (Å²) in [5, 5.41) is 28.9. The molecule has 0 aromatic heterocycles. The number of rotatable bonds is 6. The first-order chi connectivity index (χ1) is 14.1. The third-order valence-electron chi connectivity index (χ3n) is 5.06. The molecule has 9 heteroatoms. The van der Waals surface area contributed by atoms with Crippen molar-refractivity contribution in [1.29, 1.82) is 0 Å². The van der Waals surface area contributed by atoms with Crippen molar-refractivity contribution in [3.63, 3.8) is 0 Å². The van der Waals surface area contributed by atoms with E-state index in [4.69, 9.17) is 16.3 Å². The van der Waals surface area contributed by atoms with Crippen molar-refractivity contribution in [3.05, 3.63) is 62.7 Å². The summed E-state index contributed by atoms with van der Waals surface area (Å²) in [4.78, 5) is 22.4. The van der Waals surface area contributed by atoms with E-state index in [1.165, 1.54) is 19.1 Å². The van der Waals surface area contributed by atoms with Gasteiger partial charge in [0.2, 0.25) is 5.91 Å². The van der Waals surface area contributed by atoms with Crippen LogP contribution in [0.4, 0.5) is 11.4 Å². The molecule has 2 atom stereocenters. The van der Waals surface area contributed by atoms with E-state index in [9.17, 15) is 20.0 Å². The van der Waals surface area contributed by atoms with Gasteiger partial charge >= 0.3 is 0 Å². The molecule has 0 saturated carbocycles. The zero-order chi connectivity index (χ0) is 22.1. The quantitative estimate of drug-likeness (QED) is 0.473. The van der Waals surface area contributed by atoms with E-state index < -0.39 is 28.6 Å². The SMILES string of the molecule is CC(=O)Nc1cc2c(cc1[N+](=O)[O-])OC(C)(C)C(O)C2NCCc1ccc(Cl)cc1. The number of halogens is 1. The predicted molar refractivity (Wildman–Crippen MR) is 114 cm³/mol. The lowest BCUT2D eigenvalue weighted by molar-refractivity contribution is -0.384. The Kier molecular flexibility index (Phi) is 6.30. The lowest BCUT2D eigenvalue weighted by Gasteiger charge is -2.42. The molecular formula is C21H24ClN3O5. The molecule has 3 rings (SSSR count). The number of nitro groups is 1. The fraction of sp³-hybridized carbons (Fsp3) is 0.381. The number of nitrogens with zero attached hydrogens (tertiary/aromatic N) is 1. The van der Waals surface area contributed by atoms with Gasteiger partial charge < -0.3 is 20.5 Å². The molecule has 0 spiro atoms. The Balaban J connectivity index is 1.91. The van der Waals surface area contributed by atoms with Crippen molar-refractivity contribution in [2.75, 3.05) is 11.9 Å². The van der Waals surface area contributed by atoms with E-state index in [0.29, 0.717) is 29.3 Å². The molecule has 0 bridgehead atoms. The second kappa shape index (κ2) is 8.59. The highest BCUT2D eigenvalue weighted by molar-refractivity contribution is 6.30. The van der Waals surface area contributed by atoms with E-state index in [1.807, 2.05) is 24.3 Å². The summed E-state index contributed by atoms with van der Waals surface area (Å²) in [5.74, 6) is -0.127. The van der Waals surface area contributed by atoms with Gasteiger partial charge in [0.15, 0.2) is 0 Å². The minimum atomic E-state index is -0.964. The van der Waals surface area contributed by atoms with Crippen molar-refractivity contribution in [2.45, 2.75) is 44.9 Å². The zero-order valence-electron chi connectivity index (χ0n) is 16.9. The Morgan fingerprint density at radius 2 is 1.97 bits per heavy atom.